The second-order valence-corrected chi connectivity index (χ2v) is 10.1. The summed E-state index contributed by atoms with van der Waals surface area (Å²) in [5.74, 6) is 4.02. The largest absolute Gasteiger partial charge is 0.357 e. The Balaban J connectivity index is 0.00000385. The number of guanidine groups is 1. The first kappa shape index (κ1) is 27.9. The van der Waals surface area contributed by atoms with Crippen molar-refractivity contribution in [1.82, 2.24) is 29.6 Å². The highest BCUT2D eigenvalue weighted by Crippen LogP contribution is 2.21. The summed E-state index contributed by atoms with van der Waals surface area (Å²) in [6, 6.07) is 0. The van der Waals surface area contributed by atoms with Crippen LogP contribution in [0.4, 0.5) is 0 Å². The maximum atomic E-state index is 12.8. The number of piperazine rings is 1. The molecule has 33 heavy (non-hydrogen) atoms. The first-order chi connectivity index (χ1) is 15.4. The van der Waals surface area contributed by atoms with Gasteiger partial charge in [0.15, 0.2) is 5.96 Å². The van der Waals surface area contributed by atoms with E-state index in [2.05, 4.69) is 64.2 Å². The van der Waals surface area contributed by atoms with E-state index in [4.69, 9.17) is 4.99 Å². The van der Waals surface area contributed by atoms with Crippen LogP contribution in [0.2, 0.25) is 0 Å². The molecular weight excluding hydrogens is 529 g/mol. The van der Waals surface area contributed by atoms with Crippen LogP contribution in [0.15, 0.2) is 17.4 Å². The molecule has 3 rings (SSSR count). The lowest BCUT2D eigenvalue weighted by molar-refractivity contribution is -0.135. The van der Waals surface area contributed by atoms with E-state index in [0.717, 1.165) is 64.1 Å². The molecule has 1 aromatic heterocycles. The van der Waals surface area contributed by atoms with Gasteiger partial charge in [-0.2, -0.15) is 0 Å². The standard InChI is InChI=1S/C24H43N7O.HI/c1-6-25-24(27-14-22-26-7-8-30(22)15-19(2)3)29-11-9-28(10-12-29)18-23(32)31-16-20(4)13-21(5)17-31;/h7-8,19-21H,6,9-18H2,1-5H3,(H,25,27);1H. The summed E-state index contributed by atoms with van der Waals surface area (Å²) in [7, 11) is 0. The Hall–Kier alpha value is -1.36. The number of aliphatic imine (C=N–C) groups is 1. The van der Waals surface area contributed by atoms with E-state index in [9.17, 15) is 4.79 Å². The molecule has 1 amide bonds. The lowest BCUT2D eigenvalue weighted by Gasteiger charge is -2.39. The smallest absolute Gasteiger partial charge is 0.236 e. The highest BCUT2D eigenvalue weighted by atomic mass is 127. The molecule has 2 aliphatic heterocycles. The number of nitrogens with zero attached hydrogens (tertiary/aromatic N) is 6. The SMILES string of the molecule is CCNC(=NCc1nccn1CC(C)C)N1CCN(CC(=O)N2CC(C)CC(C)C2)CC1.I. The minimum absolute atomic E-state index is 0. The summed E-state index contributed by atoms with van der Waals surface area (Å²) < 4.78 is 2.20. The highest BCUT2D eigenvalue weighted by Gasteiger charge is 2.28. The number of likely N-dealkylation sites (tertiary alicyclic amines) is 1. The van der Waals surface area contributed by atoms with Crippen LogP contribution in [0, 0.1) is 17.8 Å². The number of amides is 1. The van der Waals surface area contributed by atoms with E-state index < -0.39 is 0 Å². The van der Waals surface area contributed by atoms with Crippen LogP contribution in [0.3, 0.4) is 0 Å². The first-order valence-corrected chi connectivity index (χ1v) is 12.4. The fraction of sp³-hybridized carbons (Fsp3) is 0.792. The molecule has 0 radical (unpaired) electrons. The summed E-state index contributed by atoms with van der Waals surface area (Å²) in [5.41, 5.74) is 0. The predicted molar refractivity (Wildman–Crippen MR) is 145 cm³/mol. The van der Waals surface area contributed by atoms with E-state index in [1.165, 1.54) is 6.42 Å². The molecule has 3 heterocycles. The van der Waals surface area contributed by atoms with Crippen LogP contribution in [0.5, 0.6) is 0 Å². The zero-order chi connectivity index (χ0) is 23.1. The molecule has 2 saturated heterocycles. The Bertz CT molecular complexity index is 748. The molecule has 0 saturated carbocycles. The minimum atomic E-state index is 0. The van der Waals surface area contributed by atoms with Gasteiger partial charge in [-0.25, -0.2) is 9.98 Å². The molecule has 1 N–H and O–H groups in total. The third kappa shape index (κ3) is 8.42. The van der Waals surface area contributed by atoms with E-state index in [1.54, 1.807) is 0 Å². The maximum absolute atomic E-state index is 12.8. The van der Waals surface area contributed by atoms with Crippen molar-refractivity contribution in [3.8, 4) is 0 Å². The van der Waals surface area contributed by atoms with Gasteiger partial charge in [0.25, 0.3) is 0 Å². The number of hydrogen-bond acceptors (Lipinski definition) is 4. The van der Waals surface area contributed by atoms with Crippen molar-refractivity contribution in [2.75, 3.05) is 52.4 Å². The van der Waals surface area contributed by atoms with E-state index in [1.807, 2.05) is 12.4 Å². The van der Waals surface area contributed by atoms with Crippen molar-refractivity contribution < 1.29 is 4.79 Å². The fourth-order valence-electron chi connectivity index (χ4n) is 4.90. The molecule has 1 aromatic rings. The predicted octanol–water partition coefficient (Wildman–Crippen LogP) is 2.74. The van der Waals surface area contributed by atoms with Gasteiger partial charge in [0.05, 0.1) is 6.54 Å². The molecule has 2 fully saturated rings. The Kier molecular flexibility index (Phi) is 11.4. The van der Waals surface area contributed by atoms with Crippen molar-refractivity contribution in [2.45, 2.75) is 54.1 Å². The van der Waals surface area contributed by atoms with Crippen molar-refractivity contribution in [1.29, 1.82) is 0 Å². The van der Waals surface area contributed by atoms with Gasteiger partial charge in [0.1, 0.15) is 12.4 Å². The molecule has 0 bridgehead atoms. The fourth-order valence-corrected chi connectivity index (χ4v) is 4.90. The number of hydrogen-bond donors (Lipinski definition) is 1. The molecule has 2 unspecified atom stereocenters. The summed E-state index contributed by atoms with van der Waals surface area (Å²) in [6.45, 7) is 19.3. The van der Waals surface area contributed by atoms with Gasteiger partial charge >= 0.3 is 0 Å². The van der Waals surface area contributed by atoms with Gasteiger partial charge in [0, 0.05) is 64.8 Å². The van der Waals surface area contributed by atoms with Gasteiger partial charge < -0.3 is 19.7 Å². The van der Waals surface area contributed by atoms with Crippen LogP contribution >= 0.6 is 24.0 Å². The lowest BCUT2D eigenvalue weighted by atomic mass is 9.92. The molecule has 188 valence electrons. The Morgan fingerprint density at radius 3 is 2.42 bits per heavy atom. The number of piperidine rings is 1. The topological polar surface area (TPSA) is 69.0 Å². The molecule has 0 spiro atoms. The number of nitrogens with one attached hydrogen (secondary N) is 1. The highest BCUT2D eigenvalue weighted by molar-refractivity contribution is 14.0. The molecule has 9 heteroatoms. The molecule has 2 atom stereocenters. The minimum Gasteiger partial charge on any atom is -0.357 e. The number of rotatable bonds is 7. The summed E-state index contributed by atoms with van der Waals surface area (Å²) >= 11 is 0. The number of carbonyl (C=O) groups is 1. The van der Waals surface area contributed by atoms with Gasteiger partial charge in [-0.05, 0) is 31.1 Å². The van der Waals surface area contributed by atoms with Crippen molar-refractivity contribution in [3.05, 3.63) is 18.2 Å². The monoisotopic (exact) mass is 573 g/mol. The second-order valence-electron chi connectivity index (χ2n) is 10.1. The number of aromatic nitrogens is 2. The van der Waals surface area contributed by atoms with Crippen LogP contribution in [-0.2, 0) is 17.9 Å². The Morgan fingerprint density at radius 1 is 1.15 bits per heavy atom. The Labute approximate surface area is 217 Å². The van der Waals surface area contributed by atoms with Crippen LogP contribution in [0.1, 0.15) is 46.9 Å². The van der Waals surface area contributed by atoms with E-state index in [-0.39, 0.29) is 29.9 Å². The molecule has 2 aliphatic rings. The normalized spacial score (nSPS) is 22.4. The maximum Gasteiger partial charge on any atom is 0.236 e. The van der Waals surface area contributed by atoms with Crippen molar-refractivity contribution >= 4 is 35.8 Å². The second kappa shape index (κ2) is 13.5. The third-order valence-corrected chi connectivity index (χ3v) is 6.32. The molecule has 0 aliphatic carbocycles. The molecule has 0 aromatic carbocycles. The zero-order valence-electron chi connectivity index (χ0n) is 21.2. The lowest BCUT2D eigenvalue weighted by Crippen LogP contribution is -2.55. The zero-order valence-corrected chi connectivity index (χ0v) is 23.5. The third-order valence-electron chi connectivity index (χ3n) is 6.32. The van der Waals surface area contributed by atoms with Gasteiger partial charge in [-0.15, -0.1) is 24.0 Å². The molecule has 8 nitrogen and oxygen atoms in total. The average molecular weight is 574 g/mol. The summed E-state index contributed by atoms with van der Waals surface area (Å²) in [4.78, 5) is 28.9. The number of imidazole rings is 1. The van der Waals surface area contributed by atoms with E-state index >= 15 is 0 Å². The Morgan fingerprint density at radius 2 is 1.82 bits per heavy atom. The molecular formula is C24H44IN7O. The van der Waals surface area contributed by atoms with Crippen LogP contribution in [-0.4, -0.2) is 88.5 Å². The van der Waals surface area contributed by atoms with Crippen molar-refractivity contribution in [2.24, 2.45) is 22.7 Å². The van der Waals surface area contributed by atoms with Gasteiger partial charge in [-0.1, -0.05) is 27.7 Å². The van der Waals surface area contributed by atoms with Gasteiger partial charge in [0.2, 0.25) is 5.91 Å². The van der Waals surface area contributed by atoms with E-state index in [0.29, 0.717) is 30.8 Å². The van der Waals surface area contributed by atoms with Crippen molar-refractivity contribution in [3.63, 3.8) is 0 Å². The number of carbonyl (C=O) groups excluding carboxylic acids is 1. The van der Waals surface area contributed by atoms with Crippen LogP contribution in [0.25, 0.3) is 0 Å². The first-order valence-electron chi connectivity index (χ1n) is 12.4. The average Bonchev–Trinajstić information content (AvgIpc) is 3.17. The van der Waals surface area contributed by atoms with Gasteiger partial charge in [-0.3, -0.25) is 9.69 Å². The summed E-state index contributed by atoms with van der Waals surface area (Å²) in [5, 5.41) is 3.44. The summed E-state index contributed by atoms with van der Waals surface area (Å²) in [6.07, 6.45) is 5.13. The quantitative estimate of drug-likeness (QED) is 0.309. The number of halogens is 1. The van der Waals surface area contributed by atoms with Crippen LogP contribution < -0.4 is 5.32 Å².